The average Bonchev–Trinajstić information content (AvgIpc) is 2.97. The van der Waals surface area contributed by atoms with E-state index in [-0.39, 0.29) is 11.9 Å². The fourth-order valence-electron chi connectivity index (χ4n) is 3.71. The van der Waals surface area contributed by atoms with E-state index in [1.165, 1.54) is 0 Å². The second kappa shape index (κ2) is 7.47. The van der Waals surface area contributed by atoms with Gasteiger partial charge in [0.1, 0.15) is 12.4 Å². The van der Waals surface area contributed by atoms with Crippen LogP contribution in [0.25, 0.3) is 0 Å². The molecule has 0 aromatic heterocycles. The van der Waals surface area contributed by atoms with Crippen LogP contribution >= 0.6 is 23.2 Å². The first-order valence-corrected chi connectivity index (χ1v) is 9.59. The van der Waals surface area contributed by atoms with Crippen LogP contribution in [0.3, 0.4) is 0 Å². The molecule has 2 aliphatic rings. The van der Waals surface area contributed by atoms with Crippen LogP contribution in [-0.2, 0) is 13.2 Å². The summed E-state index contributed by atoms with van der Waals surface area (Å²) in [5.74, 6) is 0.850. The zero-order valence-corrected chi connectivity index (χ0v) is 15.8. The third-order valence-electron chi connectivity index (χ3n) is 4.98. The highest BCUT2D eigenvalue weighted by atomic mass is 35.5. The van der Waals surface area contributed by atoms with Gasteiger partial charge in [-0.25, -0.2) is 0 Å². The smallest absolute Gasteiger partial charge is 0.254 e. The second-order valence-corrected chi connectivity index (χ2v) is 7.65. The normalized spacial score (nSPS) is 19.5. The summed E-state index contributed by atoms with van der Waals surface area (Å²) in [5, 5.41) is 4.55. The van der Waals surface area contributed by atoms with E-state index >= 15 is 0 Å². The SMILES string of the molecule is O=C1c2cccc(OCc3cc(Cl)cc(Cl)c3)c2CN1C1CCCNC1. The molecule has 4 nitrogen and oxygen atoms in total. The van der Waals surface area contributed by atoms with E-state index in [0.717, 1.165) is 48.4 Å². The van der Waals surface area contributed by atoms with Gasteiger partial charge in [-0.2, -0.15) is 0 Å². The first-order valence-electron chi connectivity index (χ1n) is 8.83. The molecule has 1 unspecified atom stereocenters. The number of piperidine rings is 1. The minimum atomic E-state index is 0.102. The molecule has 2 aliphatic heterocycles. The van der Waals surface area contributed by atoms with Crippen molar-refractivity contribution in [3.8, 4) is 5.75 Å². The maximum atomic E-state index is 12.8. The van der Waals surface area contributed by atoms with E-state index in [1.54, 1.807) is 6.07 Å². The zero-order chi connectivity index (χ0) is 18.1. The number of hydrogen-bond acceptors (Lipinski definition) is 3. The number of carbonyl (C=O) groups is 1. The number of rotatable bonds is 4. The summed E-state index contributed by atoms with van der Waals surface area (Å²) in [6.45, 7) is 2.85. The van der Waals surface area contributed by atoms with Gasteiger partial charge in [0.2, 0.25) is 0 Å². The van der Waals surface area contributed by atoms with Gasteiger partial charge in [-0.15, -0.1) is 0 Å². The van der Waals surface area contributed by atoms with Gasteiger partial charge in [0.25, 0.3) is 5.91 Å². The maximum absolute atomic E-state index is 12.8. The van der Waals surface area contributed by atoms with Crippen LogP contribution < -0.4 is 10.1 Å². The van der Waals surface area contributed by atoms with Crippen LogP contribution in [0.5, 0.6) is 5.75 Å². The van der Waals surface area contributed by atoms with Gasteiger partial charge < -0.3 is 15.0 Å². The maximum Gasteiger partial charge on any atom is 0.254 e. The minimum Gasteiger partial charge on any atom is -0.489 e. The lowest BCUT2D eigenvalue weighted by Gasteiger charge is -2.31. The summed E-state index contributed by atoms with van der Waals surface area (Å²) in [5.41, 5.74) is 2.62. The first-order chi connectivity index (χ1) is 12.6. The van der Waals surface area contributed by atoms with Crippen LogP contribution in [0.15, 0.2) is 36.4 Å². The summed E-state index contributed by atoms with van der Waals surface area (Å²) < 4.78 is 6.02. The molecule has 2 aromatic rings. The molecule has 1 N–H and O–H groups in total. The number of fused-ring (bicyclic) bond motifs is 1. The summed E-state index contributed by atoms with van der Waals surface area (Å²) >= 11 is 12.1. The Labute approximate surface area is 163 Å². The van der Waals surface area contributed by atoms with E-state index in [9.17, 15) is 4.79 Å². The number of nitrogens with zero attached hydrogens (tertiary/aromatic N) is 1. The van der Waals surface area contributed by atoms with Crippen molar-refractivity contribution in [3.63, 3.8) is 0 Å². The number of benzene rings is 2. The molecule has 0 spiro atoms. The Balaban J connectivity index is 1.52. The lowest BCUT2D eigenvalue weighted by atomic mass is 10.1. The molecule has 2 heterocycles. The van der Waals surface area contributed by atoms with Gasteiger partial charge in [-0.05, 0) is 55.3 Å². The van der Waals surface area contributed by atoms with Crippen molar-refractivity contribution in [2.45, 2.75) is 32.0 Å². The summed E-state index contributed by atoms with van der Waals surface area (Å²) in [7, 11) is 0. The molecule has 6 heteroatoms. The van der Waals surface area contributed by atoms with Gasteiger partial charge in [0, 0.05) is 33.8 Å². The Bertz CT molecular complexity index is 814. The van der Waals surface area contributed by atoms with Crippen LogP contribution in [-0.4, -0.2) is 29.9 Å². The largest absolute Gasteiger partial charge is 0.489 e. The Morgan fingerprint density at radius 3 is 2.73 bits per heavy atom. The highest BCUT2D eigenvalue weighted by Crippen LogP contribution is 2.33. The Kier molecular flexibility index (Phi) is 5.07. The molecule has 136 valence electrons. The fourth-order valence-corrected chi connectivity index (χ4v) is 4.28. The Morgan fingerprint density at radius 1 is 1.19 bits per heavy atom. The van der Waals surface area contributed by atoms with E-state index in [1.807, 2.05) is 35.2 Å². The van der Waals surface area contributed by atoms with E-state index < -0.39 is 0 Å². The van der Waals surface area contributed by atoms with E-state index in [4.69, 9.17) is 27.9 Å². The molecule has 1 amide bonds. The molecular weight excluding hydrogens is 371 g/mol. The first kappa shape index (κ1) is 17.7. The number of ether oxygens (including phenoxy) is 1. The number of halogens is 2. The Morgan fingerprint density at radius 2 is 2.00 bits per heavy atom. The molecule has 4 rings (SSSR count). The third-order valence-corrected chi connectivity index (χ3v) is 5.42. The van der Waals surface area contributed by atoms with Crippen molar-refractivity contribution in [2.75, 3.05) is 13.1 Å². The molecular formula is C20H20Cl2N2O2. The van der Waals surface area contributed by atoms with Gasteiger partial charge in [-0.3, -0.25) is 4.79 Å². The average molecular weight is 391 g/mol. The molecule has 26 heavy (non-hydrogen) atoms. The summed E-state index contributed by atoms with van der Waals surface area (Å²) in [6, 6.07) is 11.3. The molecule has 1 fully saturated rings. The van der Waals surface area contributed by atoms with Crippen molar-refractivity contribution in [1.29, 1.82) is 0 Å². The summed E-state index contributed by atoms with van der Waals surface area (Å²) in [4.78, 5) is 14.8. The second-order valence-electron chi connectivity index (χ2n) is 6.78. The lowest BCUT2D eigenvalue weighted by Crippen LogP contribution is -2.46. The van der Waals surface area contributed by atoms with Gasteiger partial charge >= 0.3 is 0 Å². The van der Waals surface area contributed by atoms with Crippen molar-refractivity contribution in [1.82, 2.24) is 10.2 Å². The molecule has 0 bridgehead atoms. The van der Waals surface area contributed by atoms with E-state index in [2.05, 4.69) is 5.32 Å². The fraction of sp³-hybridized carbons (Fsp3) is 0.350. The highest BCUT2D eigenvalue weighted by molar-refractivity contribution is 6.34. The van der Waals surface area contributed by atoms with E-state index in [0.29, 0.717) is 23.2 Å². The van der Waals surface area contributed by atoms with Crippen molar-refractivity contribution < 1.29 is 9.53 Å². The lowest BCUT2D eigenvalue weighted by molar-refractivity contribution is 0.0674. The number of amides is 1. The number of nitrogens with one attached hydrogen (secondary N) is 1. The van der Waals surface area contributed by atoms with Crippen LogP contribution in [0.2, 0.25) is 10.0 Å². The standard InChI is InChI=1S/C20H20Cl2N2O2/c21-14-7-13(8-15(22)9-14)12-26-19-5-1-4-17-18(19)11-24(20(17)25)16-3-2-6-23-10-16/h1,4-5,7-9,16,23H,2-3,6,10-12H2. The van der Waals surface area contributed by atoms with Crippen LogP contribution in [0, 0.1) is 0 Å². The Hall–Kier alpha value is -1.75. The van der Waals surface area contributed by atoms with Crippen molar-refractivity contribution in [3.05, 3.63) is 63.1 Å². The molecule has 2 aromatic carbocycles. The molecule has 1 atom stereocenters. The van der Waals surface area contributed by atoms with Crippen molar-refractivity contribution in [2.24, 2.45) is 0 Å². The predicted octanol–water partition coefficient (Wildman–Crippen LogP) is 4.28. The van der Waals surface area contributed by atoms with Gasteiger partial charge in [-0.1, -0.05) is 29.3 Å². The quantitative estimate of drug-likeness (QED) is 0.846. The molecule has 0 aliphatic carbocycles. The highest BCUT2D eigenvalue weighted by Gasteiger charge is 2.34. The summed E-state index contributed by atoms with van der Waals surface area (Å²) in [6.07, 6.45) is 2.15. The van der Waals surface area contributed by atoms with Gasteiger partial charge in [0.15, 0.2) is 0 Å². The third kappa shape index (κ3) is 3.54. The zero-order valence-electron chi connectivity index (χ0n) is 14.3. The molecule has 0 saturated carbocycles. The minimum absolute atomic E-state index is 0.102. The van der Waals surface area contributed by atoms with Crippen LogP contribution in [0.4, 0.5) is 0 Å². The number of hydrogen-bond donors (Lipinski definition) is 1. The van der Waals surface area contributed by atoms with Gasteiger partial charge in [0.05, 0.1) is 6.54 Å². The topological polar surface area (TPSA) is 41.6 Å². The number of carbonyl (C=O) groups excluding carboxylic acids is 1. The molecule has 0 radical (unpaired) electrons. The monoisotopic (exact) mass is 390 g/mol. The predicted molar refractivity (Wildman–Crippen MR) is 103 cm³/mol. The van der Waals surface area contributed by atoms with Crippen molar-refractivity contribution >= 4 is 29.1 Å². The van der Waals surface area contributed by atoms with Crippen LogP contribution in [0.1, 0.15) is 34.3 Å². The molecule has 1 saturated heterocycles.